The first-order valence-corrected chi connectivity index (χ1v) is 4.27. The molecule has 0 aromatic carbocycles. The molecule has 1 unspecified atom stereocenters. The second-order valence-electron chi connectivity index (χ2n) is 2.64. The third-order valence-electron chi connectivity index (χ3n) is 1.66. The average molecular weight is 239 g/mol. The van der Waals surface area contributed by atoms with Crippen molar-refractivity contribution in [3.8, 4) is 0 Å². The summed E-state index contributed by atoms with van der Waals surface area (Å²) in [5.74, 6) is -3.27. The summed E-state index contributed by atoms with van der Waals surface area (Å²) in [4.78, 5) is 42.4. The molecule has 0 rings (SSSR count). The Kier molecular flexibility index (Phi) is 4.82. The van der Waals surface area contributed by atoms with E-state index in [1.165, 1.54) is 0 Å². The van der Waals surface area contributed by atoms with Crippen LogP contribution in [0.3, 0.4) is 0 Å². The van der Waals surface area contributed by atoms with E-state index in [1.54, 1.807) is 0 Å². The molecule has 0 aliphatic carbocycles. The van der Waals surface area contributed by atoms with Gasteiger partial charge < -0.3 is 10.8 Å². The number of carboxylic acids is 1. The number of carboxylic acid groups (broad SMARTS) is 1. The number of urea groups is 1. The zero-order chi connectivity index (χ0) is 12.1. The second kappa shape index (κ2) is 5.37. The van der Waals surface area contributed by atoms with E-state index in [-0.39, 0.29) is 12.4 Å². The normalized spacial score (nSPS) is 13.9. The third kappa shape index (κ3) is 3.26. The molecular formula is C6H9ClN3O5+. The summed E-state index contributed by atoms with van der Waals surface area (Å²) in [6.45, 7) is -1.26. The van der Waals surface area contributed by atoms with E-state index in [0.717, 1.165) is 0 Å². The lowest BCUT2D eigenvalue weighted by Gasteiger charge is -2.20. The van der Waals surface area contributed by atoms with E-state index in [9.17, 15) is 19.3 Å². The van der Waals surface area contributed by atoms with Crippen molar-refractivity contribution in [1.29, 1.82) is 0 Å². The molecule has 0 saturated heterocycles. The van der Waals surface area contributed by atoms with Gasteiger partial charge in [0.1, 0.15) is 6.54 Å². The quantitative estimate of drug-likeness (QED) is 0.211. The van der Waals surface area contributed by atoms with Gasteiger partial charge in [-0.05, 0) is 0 Å². The molecule has 0 aromatic heterocycles. The van der Waals surface area contributed by atoms with Crippen LogP contribution in [0.1, 0.15) is 0 Å². The van der Waals surface area contributed by atoms with Crippen LogP contribution in [0.4, 0.5) is 4.79 Å². The van der Waals surface area contributed by atoms with Crippen LogP contribution in [-0.4, -0.2) is 46.5 Å². The molecule has 2 amide bonds. The fourth-order valence-corrected chi connectivity index (χ4v) is 1.10. The van der Waals surface area contributed by atoms with Crippen molar-refractivity contribution in [1.82, 2.24) is 0 Å². The summed E-state index contributed by atoms with van der Waals surface area (Å²) >= 11 is 5.29. The van der Waals surface area contributed by atoms with Gasteiger partial charge in [-0.15, -0.1) is 11.6 Å². The topological polar surface area (TPSA) is 127 Å². The summed E-state index contributed by atoms with van der Waals surface area (Å²) in [7, 11) is 0. The largest absolute Gasteiger partial charge is 0.475 e. The van der Waals surface area contributed by atoms with Crippen molar-refractivity contribution < 1.29 is 24.1 Å². The number of quaternary nitrogens is 1. The lowest BCUT2D eigenvalue weighted by atomic mass is 10.3. The van der Waals surface area contributed by atoms with E-state index in [2.05, 4.69) is 5.29 Å². The summed E-state index contributed by atoms with van der Waals surface area (Å²) in [6.07, 6.45) is 0. The lowest BCUT2D eigenvalue weighted by molar-refractivity contribution is -0.847. The van der Waals surface area contributed by atoms with Gasteiger partial charge in [0.25, 0.3) is 5.78 Å². The summed E-state index contributed by atoms with van der Waals surface area (Å²) in [5, 5.41) is 10.7. The minimum atomic E-state index is -1.77. The molecule has 8 nitrogen and oxygen atoms in total. The van der Waals surface area contributed by atoms with Crippen LogP contribution >= 0.6 is 11.6 Å². The number of hydrogen-bond donors (Lipinski definition) is 2. The number of nitroso groups, excluding NO2 is 1. The summed E-state index contributed by atoms with van der Waals surface area (Å²) in [6, 6.07) is -1.22. The predicted molar refractivity (Wildman–Crippen MR) is 48.7 cm³/mol. The van der Waals surface area contributed by atoms with Gasteiger partial charge in [0.05, 0.1) is 5.88 Å². The van der Waals surface area contributed by atoms with E-state index in [0.29, 0.717) is 0 Å². The minimum absolute atomic E-state index is 0.165. The van der Waals surface area contributed by atoms with Crippen molar-refractivity contribution >= 4 is 29.4 Å². The van der Waals surface area contributed by atoms with Gasteiger partial charge in [-0.1, -0.05) is 9.50 Å². The monoisotopic (exact) mass is 238 g/mol. The average Bonchev–Trinajstić information content (AvgIpc) is 2.16. The molecule has 0 aliphatic rings. The van der Waals surface area contributed by atoms with Crippen LogP contribution in [0, 0.1) is 4.91 Å². The number of nitrogens with zero attached hydrogens (tertiary/aromatic N) is 2. The van der Waals surface area contributed by atoms with E-state index >= 15 is 0 Å². The van der Waals surface area contributed by atoms with Gasteiger partial charge in [-0.25, -0.2) is 9.59 Å². The molecule has 1 atom stereocenters. The molecular weight excluding hydrogens is 230 g/mol. The van der Waals surface area contributed by atoms with Crippen molar-refractivity contribution in [3.63, 3.8) is 0 Å². The highest BCUT2D eigenvalue weighted by atomic mass is 35.5. The number of halogens is 1. The van der Waals surface area contributed by atoms with E-state index < -0.39 is 28.9 Å². The standard InChI is InChI=1S/C6H8ClN3O5/c7-1-2-10(9-15,6(8)14)3-4(11)5(12)13/h1-3H2,(H2-,8,12,13,14)/p+1. The lowest BCUT2D eigenvalue weighted by Crippen LogP contribution is -2.55. The SMILES string of the molecule is NC(=O)[N+](CCCl)(CC(=O)C(=O)O)N=O. The molecule has 0 bridgehead atoms. The Morgan fingerprint density at radius 1 is 1.40 bits per heavy atom. The molecule has 15 heavy (non-hydrogen) atoms. The third-order valence-corrected chi connectivity index (χ3v) is 1.83. The highest BCUT2D eigenvalue weighted by Crippen LogP contribution is 2.08. The summed E-state index contributed by atoms with van der Waals surface area (Å²) in [5.41, 5.74) is 4.85. The number of Topliss-reactive ketones (excluding diaryl/α,β-unsaturated/α-hetero) is 1. The molecule has 0 spiro atoms. The summed E-state index contributed by atoms with van der Waals surface area (Å²) < 4.78 is -1.35. The van der Waals surface area contributed by atoms with Crippen LogP contribution in [0.5, 0.6) is 0 Å². The van der Waals surface area contributed by atoms with Crippen molar-refractivity contribution in [2.45, 2.75) is 0 Å². The van der Waals surface area contributed by atoms with Crippen LogP contribution in [0.2, 0.25) is 0 Å². The zero-order valence-corrected chi connectivity index (χ0v) is 8.31. The fourth-order valence-electron chi connectivity index (χ4n) is 0.822. The number of amides is 2. The maximum absolute atomic E-state index is 10.9. The Balaban J connectivity index is 4.92. The molecule has 84 valence electrons. The van der Waals surface area contributed by atoms with Crippen LogP contribution in [0.15, 0.2) is 5.29 Å². The smallest absolute Gasteiger partial charge is 0.443 e. The first-order chi connectivity index (χ1) is 6.89. The second-order valence-corrected chi connectivity index (χ2v) is 3.02. The molecule has 0 aliphatic heterocycles. The molecule has 3 N–H and O–H groups in total. The molecule has 0 fully saturated rings. The number of hydrogen-bond acceptors (Lipinski definition) is 5. The Bertz CT molecular complexity index is 307. The number of aliphatic carboxylic acids is 1. The fraction of sp³-hybridized carbons (Fsp3) is 0.500. The Hall–Kier alpha value is -1.54. The highest BCUT2D eigenvalue weighted by molar-refractivity contribution is 6.33. The van der Waals surface area contributed by atoms with E-state index in [4.69, 9.17) is 22.4 Å². The number of ketones is 1. The van der Waals surface area contributed by atoms with Crippen LogP contribution in [-0.2, 0) is 9.59 Å². The minimum Gasteiger partial charge on any atom is -0.475 e. The number of nitrogens with two attached hydrogens (primary N) is 1. The van der Waals surface area contributed by atoms with Crippen molar-refractivity contribution in [2.75, 3.05) is 19.0 Å². The number of carbonyl (C=O) groups excluding carboxylic acids is 2. The Labute approximate surface area is 89.1 Å². The predicted octanol–water partition coefficient (Wildman–Crippen LogP) is -0.544. The maximum Gasteiger partial charge on any atom is 0.443 e. The molecule has 0 heterocycles. The Morgan fingerprint density at radius 2 is 1.93 bits per heavy atom. The van der Waals surface area contributed by atoms with Gasteiger partial charge in [0, 0.05) is 0 Å². The van der Waals surface area contributed by atoms with Crippen molar-refractivity contribution in [2.24, 2.45) is 11.0 Å². The van der Waals surface area contributed by atoms with Crippen LogP contribution in [0.25, 0.3) is 0 Å². The zero-order valence-electron chi connectivity index (χ0n) is 7.55. The molecule has 0 radical (unpaired) electrons. The van der Waals surface area contributed by atoms with Gasteiger partial charge in [0.2, 0.25) is 0 Å². The maximum atomic E-state index is 10.9. The molecule has 0 saturated carbocycles. The first-order valence-electron chi connectivity index (χ1n) is 3.73. The van der Waals surface area contributed by atoms with Gasteiger partial charge in [0.15, 0.2) is 11.8 Å². The van der Waals surface area contributed by atoms with E-state index in [1.807, 2.05) is 0 Å². The number of rotatable bonds is 6. The van der Waals surface area contributed by atoms with Gasteiger partial charge in [-0.2, -0.15) is 0 Å². The number of alkyl halides is 1. The first kappa shape index (κ1) is 13.5. The van der Waals surface area contributed by atoms with Crippen LogP contribution < -0.4 is 5.73 Å². The number of carbonyl (C=O) groups is 3. The van der Waals surface area contributed by atoms with Gasteiger partial charge in [-0.3, -0.25) is 4.79 Å². The number of primary amides is 1. The van der Waals surface area contributed by atoms with Crippen molar-refractivity contribution in [3.05, 3.63) is 4.91 Å². The molecule has 0 aromatic rings. The molecule has 9 heteroatoms. The van der Waals surface area contributed by atoms with Gasteiger partial charge >= 0.3 is 12.0 Å². The Morgan fingerprint density at radius 3 is 2.20 bits per heavy atom. The highest BCUT2D eigenvalue weighted by Gasteiger charge is 2.41.